The molecule has 0 heterocycles. The van der Waals surface area contributed by atoms with Gasteiger partial charge < -0.3 is 16.0 Å². The first-order valence-electron chi connectivity index (χ1n) is 11.9. The number of carbonyl (C=O) groups is 2. The Balaban J connectivity index is 1.41. The van der Waals surface area contributed by atoms with Gasteiger partial charge in [0.15, 0.2) is 0 Å². The van der Waals surface area contributed by atoms with Gasteiger partial charge in [0, 0.05) is 18.7 Å². The maximum atomic E-state index is 13.4. The minimum Gasteiger partial charge on any atom is -0.377 e. The summed E-state index contributed by atoms with van der Waals surface area (Å²) in [5.74, 6) is -0.372. The Morgan fingerprint density at radius 2 is 1.69 bits per heavy atom. The summed E-state index contributed by atoms with van der Waals surface area (Å²) in [7, 11) is 0. The van der Waals surface area contributed by atoms with Crippen LogP contribution >= 0.6 is 0 Å². The quantitative estimate of drug-likeness (QED) is 0.209. The summed E-state index contributed by atoms with van der Waals surface area (Å²) >= 11 is 0. The van der Waals surface area contributed by atoms with E-state index in [1.165, 1.54) is 10.8 Å². The largest absolute Gasteiger partial charge is 0.377 e. The van der Waals surface area contributed by atoms with E-state index in [4.69, 9.17) is 0 Å². The Morgan fingerprint density at radius 3 is 2.49 bits per heavy atom. The van der Waals surface area contributed by atoms with Crippen molar-refractivity contribution in [3.05, 3.63) is 121 Å². The zero-order valence-electron chi connectivity index (χ0n) is 19.8. The third-order valence-corrected chi connectivity index (χ3v) is 6.31. The van der Waals surface area contributed by atoms with Gasteiger partial charge in [0.05, 0.1) is 11.2 Å². The SMILES string of the molecule is C=C/C=C/CCNC(=O)C(=C)NCc1ccccc1C(=O)NC1(c2cccc3ccccc23)CC1. The highest BCUT2D eigenvalue weighted by atomic mass is 16.2. The van der Waals surface area contributed by atoms with Crippen LogP contribution in [0.2, 0.25) is 0 Å². The Morgan fingerprint density at radius 1 is 0.943 bits per heavy atom. The summed E-state index contributed by atoms with van der Waals surface area (Å²) in [6.45, 7) is 8.30. The summed E-state index contributed by atoms with van der Waals surface area (Å²) < 4.78 is 0. The van der Waals surface area contributed by atoms with Crippen LogP contribution in [0.3, 0.4) is 0 Å². The number of allylic oxidation sites excluding steroid dienone is 2. The molecule has 2 amide bonds. The molecule has 0 aromatic heterocycles. The lowest BCUT2D eigenvalue weighted by molar-refractivity contribution is -0.117. The van der Waals surface area contributed by atoms with E-state index < -0.39 is 0 Å². The number of hydrogen-bond donors (Lipinski definition) is 3. The molecule has 1 aliphatic rings. The molecule has 35 heavy (non-hydrogen) atoms. The number of nitrogens with one attached hydrogen (secondary N) is 3. The fourth-order valence-electron chi connectivity index (χ4n) is 4.26. The number of benzene rings is 3. The van der Waals surface area contributed by atoms with Crippen LogP contribution in [-0.2, 0) is 16.9 Å². The van der Waals surface area contributed by atoms with Gasteiger partial charge in [0.1, 0.15) is 0 Å². The van der Waals surface area contributed by atoms with Gasteiger partial charge in [-0.3, -0.25) is 9.59 Å². The van der Waals surface area contributed by atoms with Crippen molar-refractivity contribution in [3.63, 3.8) is 0 Å². The standard InChI is InChI=1S/C30H31N3O2/c1-3-4-5-10-20-31-28(34)22(2)32-21-24-13-7-9-16-26(24)29(35)33-30(18-19-30)27-17-11-14-23-12-6-8-15-25(23)27/h3-9,11-17,32H,1-2,10,18-21H2,(H,31,34)(H,33,35)/b5-4+. The van der Waals surface area contributed by atoms with Gasteiger partial charge in [0.2, 0.25) is 0 Å². The van der Waals surface area contributed by atoms with Crippen LogP contribution in [0.5, 0.6) is 0 Å². The molecular formula is C30H31N3O2. The zero-order chi connectivity index (χ0) is 24.7. The molecule has 0 radical (unpaired) electrons. The first-order chi connectivity index (χ1) is 17.0. The highest BCUT2D eigenvalue weighted by Gasteiger charge is 2.46. The number of fused-ring (bicyclic) bond motifs is 1. The third-order valence-electron chi connectivity index (χ3n) is 6.31. The molecule has 1 fully saturated rings. The smallest absolute Gasteiger partial charge is 0.266 e. The number of rotatable bonds is 11. The second kappa shape index (κ2) is 10.9. The lowest BCUT2D eigenvalue weighted by atomic mass is 9.96. The van der Waals surface area contributed by atoms with Gasteiger partial charge >= 0.3 is 0 Å². The molecule has 0 spiro atoms. The molecule has 5 heteroatoms. The predicted molar refractivity (Wildman–Crippen MR) is 142 cm³/mol. The topological polar surface area (TPSA) is 70.2 Å². The van der Waals surface area contributed by atoms with Crippen molar-refractivity contribution < 1.29 is 9.59 Å². The van der Waals surface area contributed by atoms with Gasteiger partial charge in [-0.05, 0) is 47.2 Å². The average Bonchev–Trinajstić information content (AvgIpc) is 3.67. The summed E-state index contributed by atoms with van der Waals surface area (Å²) in [6, 6.07) is 22.0. The van der Waals surface area contributed by atoms with Gasteiger partial charge in [-0.1, -0.05) is 92.0 Å². The second-order valence-corrected chi connectivity index (χ2v) is 8.76. The van der Waals surface area contributed by atoms with E-state index in [9.17, 15) is 9.59 Å². The van der Waals surface area contributed by atoms with Crippen molar-refractivity contribution in [1.29, 1.82) is 0 Å². The molecule has 0 saturated heterocycles. The molecule has 0 aliphatic heterocycles. The number of amides is 2. The second-order valence-electron chi connectivity index (χ2n) is 8.76. The van der Waals surface area contributed by atoms with E-state index in [0.29, 0.717) is 25.1 Å². The van der Waals surface area contributed by atoms with Gasteiger partial charge in [-0.15, -0.1) is 0 Å². The molecular weight excluding hydrogens is 434 g/mol. The van der Waals surface area contributed by atoms with E-state index in [0.717, 1.165) is 24.0 Å². The molecule has 1 aliphatic carbocycles. The molecule has 3 N–H and O–H groups in total. The molecule has 0 bridgehead atoms. The molecule has 0 atom stereocenters. The highest BCUT2D eigenvalue weighted by Crippen LogP contribution is 2.48. The Hall–Kier alpha value is -4.12. The van der Waals surface area contributed by atoms with Gasteiger partial charge in [0.25, 0.3) is 11.8 Å². The van der Waals surface area contributed by atoms with E-state index in [1.54, 1.807) is 6.08 Å². The third kappa shape index (κ3) is 5.69. The van der Waals surface area contributed by atoms with Crippen molar-refractivity contribution >= 4 is 22.6 Å². The highest BCUT2D eigenvalue weighted by molar-refractivity contribution is 5.97. The van der Waals surface area contributed by atoms with Crippen LogP contribution in [-0.4, -0.2) is 18.4 Å². The summed E-state index contributed by atoms with van der Waals surface area (Å²) in [5.41, 5.74) is 2.48. The van der Waals surface area contributed by atoms with Crippen molar-refractivity contribution in [1.82, 2.24) is 16.0 Å². The molecule has 5 nitrogen and oxygen atoms in total. The molecule has 3 aromatic rings. The maximum absolute atomic E-state index is 13.4. The lowest BCUT2D eigenvalue weighted by Crippen LogP contribution is -2.36. The lowest BCUT2D eigenvalue weighted by Gasteiger charge is -2.21. The normalized spacial score (nSPS) is 13.8. The van der Waals surface area contributed by atoms with E-state index >= 15 is 0 Å². The number of hydrogen-bond acceptors (Lipinski definition) is 3. The molecule has 178 valence electrons. The van der Waals surface area contributed by atoms with Gasteiger partial charge in [-0.25, -0.2) is 0 Å². The van der Waals surface area contributed by atoms with E-state index in [-0.39, 0.29) is 23.1 Å². The fraction of sp³-hybridized carbons (Fsp3) is 0.200. The summed E-state index contributed by atoms with van der Waals surface area (Å²) in [5, 5.41) is 11.5. The average molecular weight is 466 g/mol. The fourth-order valence-corrected chi connectivity index (χ4v) is 4.26. The monoisotopic (exact) mass is 465 g/mol. The Labute approximate surface area is 206 Å². The molecule has 4 rings (SSSR count). The van der Waals surface area contributed by atoms with Crippen LogP contribution in [0, 0.1) is 0 Å². The first kappa shape index (κ1) is 24.0. The first-order valence-corrected chi connectivity index (χ1v) is 11.9. The predicted octanol–water partition coefficient (Wildman–Crippen LogP) is 5.11. The van der Waals surface area contributed by atoms with Crippen LogP contribution in [0.25, 0.3) is 10.8 Å². The maximum Gasteiger partial charge on any atom is 0.266 e. The van der Waals surface area contributed by atoms with Crippen molar-refractivity contribution in [2.45, 2.75) is 31.3 Å². The van der Waals surface area contributed by atoms with Crippen molar-refractivity contribution in [2.75, 3.05) is 6.54 Å². The minimum atomic E-state index is -0.345. The molecule has 0 unspecified atom stereocenters. The van der Waals surface area contributed by atoms with Crippen LogP contribution in [0.4, 0.5) is 0 Å². The van der Waals surface area contributed by atoms with E-state index in [1.807, 2.05) is 54.6 Å². The van der Waals surface area contributed by atoms with Gasteiger partial charge in [-0.2, -0.15) is 0 Å². The van der Waals surface area contributed by atoms with Crippen LogP contribution in [0.15, 0.2) is 104 Å². The Kier molecular flexibility index (Phi) is 7.46. The number of carbonyl (C=O) groups excluding carboxylic acids is 2. The van der Waals surface area contributed by atoms with Crippen molar-refractivity contribution in [3.8, 4) is 0 Å². The van der Waals surface area contributed by atoms with Crippen LogP contribution in [0.1, 0.15) is 40.7 Å². The molecule has 1 saturated carbocycles. The summed E-state index contributed by atoms with van der Waals surface area (Å²) in [4.78, 5) is 25.7. The van der Waals surface area contributed by atoms with E-state index in [2.05, 4.69) is 53.4 Å². The zero-order valence-corrected chi connectivity index (χ0v) is 19.8. The Bertz CT molecular complexity index is 1280. The van der Waals surface area contributed by atoms with Crippen molar-refractivity contribution in [2.24, 2.45) is 0 Å². The molecule has 3 aromatic carbocycles. The summed E-state index contributed by atoms with van der Waals surface area (Å²) in [6.07, 6.45) is 8.00. The van der Waals surface area contributed by atoms with Crippen LogP contribution < -0.4 is 16.0 Å². The minimum absolute atomic E-state index is 0.114.